The van der Waals surface area contributed by atoms with Crippen molar-refractivity contribution in [3.05, 3.63) is 0 Å². The summed E-state index contributed by atoms with van der Waals surface area (Å²) in [6.45, 7) is 0. The summed E-state index contributed by atoms with van der Waals surface area (Å²) in [5, 5.41) is 0. The molecule has 1 saturated heterocycles. The van der Waals surface area contributed by atoms with Crippen LogP contribution in [0.1, 0.15) is 12.8 Å². The third-order valence-corrected chi connectivity index (χ3v) is 1.78. The number of carbonyl (C=O) groups is 2. The van der Waals surface area contributed by atoms with E-state index in [0.717, 1.165) is 3.93 Å². The van der Waals surface area contributed by atoms with Gasteiger partial charge in [-0.2, -0.15) is 0 Å². The van der Waals surface area contributed by atoms with Crippen LogP contribution in [-0.2, 0) is 9.59 Å². The number of hydrogen-bond donors (Lipinski definition) is 0. The molecule has 0 spiro atoms. The molecule has 1 aliphatic rings. The van der Waals surface area contributed by atoms with Crippen LogP contribution in [-0.4, -0.2) is 20.0 Å². The molecule has 1 rings (SSSR count). The molecule has 1 aliphatic heterocycles. The third-order valence-electron chi connectivity index (χ3n) is 0.991. The van der Waals surface area contributed by atoms with E-state index in [1.54, 1.807) is 0 Å². The molecule has 0 saturated carbocycles. The van der Waals surface area contributed by atoms with E-state index in [1.807, 2.05) is 0 Å². The van der Waals surface area contributed by atoms with Crippen molar-refractivity contribution in [1.29, 1.82) is 0 Å². The first kappa shape index (κ1) is 12.5. The van der Waals surface area contributed by atoms with Gasteiger partial charge in [-0.25, -0.2) is 3.93 Å². The molecule has 0 atom stereocenters. The molecule has 3 nitrogen and oxygen atoms in total. The van der Waals surface area contributed by atoms with Gasteiger partial charge in [0.2, 0.25) is 11.8 Å². The van der Waals surface area contributed by atoms with Crippen LogP contribution >= 0.6 is 51.0 Å². The largest absolute Gasteiger partial charge is 0.274 e. The Morgan fingerprint density at radius 3 is 1.50 bits per heavy atom. The zero-order valence-corrected chi connectivity index (χ0v) is 9.62. The molecule has 12 heavy (non-hydrogen) atoms. The lowest BCUT2D eigenvalue weighted by Crippen LogP contribution is -2.16. The Balaban J connectivity index is 0.000000261. The second kappa shape index (κ2) is 6.02. The van der Waals surface area contributed by atoms with Crippen LogP contribution < -0.4 is 0 Å². The lowest BCUT2D eigenvalue weighted by molar-refractivity contribution is -0.131. The molecule has 2 amide bonds. The van der Waals surface area contributed by atoms with Crippen LogP contribution in [0.2, 0.25) is 0 Å². The number of alkyl halides is 3. The molecule has 0 aromatic carbocycles. The first-order valence-corrected chi connectivity index (χ1v) is 4.90. The summed E-state index contributed by atoms with van der Waals surface area (Å²) in [6, 6.07) is 0. The van der Waals surface area contributed by atoms with E-state index >= 15 is 0 Å². The second-order valence-corrected chi connectivity index (χ2v) is 4.50. The standard InChI is InChI=1S/C4H4BrNO2.CHCl3/c5-6-3(7)1-2-4(6)8;2-1(3)4/h1-2H2;1H. The molecule has 0 aromatic rings. The van der Waals surface area contributed by atoms with Crippen molar-refractivity contribution in [3.63, 3.8) is 0 Å². The minimum atomic E-state index is -0.750. The summed E-state index contributed by atoms with van der Waals surface area (Å²) in [7, 11) is 0. The molecule has 70 valence electrons. The molecule has 1 fully saturated rings. The van der Waals surface area contributed by atoms with Gasteiger partial charge in [0, 0.05) is 12.8 Å². The van der Waals surface area contributed by atoms with Crippen molar-refractivity contribution >= 4 is 62.8 Å². The van der Waals surface area contributed by atoms with E-state index in [9.17, 15) is 9.59 Å². The van der Waals surface area contributed by atoms with Crippen molar-refractivity contribution in [1.82, 2.24) is 3.93 Å². The minimum absolute atomic E-state index is 0.144. The Bertz CT molecular complexity index is 169. The molecule has 0 bridgehead atoms. The molecular weight excluding hydrogens is 292 g/mol. The highest BCUT2D eigenvalue weighted by atomic mass is 79.9. The van der Waals surface area contributed by atoms with Crippen molar-refractivity contribution < 1.29 is 9.59 Å². The Morgan fingerprint density at radius 2 is 1.42 bits per heavy atom. The van der Waals surface area contributed by atoms with Crippen LogP contribution in [0.3, 0.4) is 0 Å². The van der Waals surface area contributed by atoms with Gasteiger partial charge in [-0.15, -0.1) is 0 Å². The predicted molar refractivity (Wildman–Crippen MR) is 51.4 cm³/mol. The van der Waals surface area contributed by atoms with Gasteiger partial charge in [0.25, 0.3) is 0 Å². The molecule has 7 heteroatoms. The maximum atomic E-state index is 10.4. The van der Waals surface area contributed by atoms with Gasteiger partial charge < -0.3 is 0 Å². The summed E-state index contributed by atoms with van der Waals surface area (Å²) < 4.78 is 0.229. The van der Waals surface area contributed by atoms with Crippen LogP contribution in [0.15, 0.2) is 0 Å². The second-order valence-electron chi connectivity index (χ2n) is 1.82. The first-order chi connectivity index (χ1) is 5.45. The third kappa shape index (κ3) is 5.19. The highest BCUT2D eigenvalue weighted by Crippen LogP contribution is 2.14. The normalized spacial score (nSPS) is 16.6. The van der Waals surface area contributed by atoms with Crippen molar-refractivity contribution in [2.75, 3.05) is 0 Å². The van der Waals surface area contributed by atoms with Gasteiger partial charge in [0.1, 0.15) is 0 Å². The summed E-state index contributed by atoms with van der Waals surface area (Å²) >= 11 is 17.2. The summed E-state index contributed by atoms with van der Waals surface area (Å²) in [5.41, 5.74) is 0. The topological polar surface area (TPSA) is 37.4 Å². The van der Waals surface area contributed by atoms with Gasteiger partial charge in [-0.3, -0.25) is 9.59 Å². The Labute approximate surface area is 93.3 Å². The van der Waals surface area contributed by atoms with E-state index in [2.05, 4.69) is 16.1 Å². The summed E-state index contributed by atoms with van der Waals surface area (Å²) in [4.78, 5) is 20.9. The zero-order valence-electron chi connectivity index (χ0n) is 5.77. The van der Waals surface area contributed by atoms with Gasteiger partial charge >= 0.3 is 0 Å². The van der Waals surface area contributed by atoms with Crippen molar-refractivity contribution in [2.45, 2.75) is 17.1 Å². The zero-order chi connectivity index (χ0) is 9.72. The highest BCUT2D eigenvalue weighted by molar-refractivity contribution is 9.08. The van der Waals surface area contributed by atoms with E-state index in [0.29, 0.717) is 12.8 Å². The van der Waals surface area contributed by atoms with E-state index in [4.69, 9.17) is 34.8 Å². The molecular formula is C5H5BrCl3NO2. The van der Waals surface area contributed by atoms with E-state index in [1.165, 1.54) is 0 Å². The van der Waals surface area contributed by atoms with E-state index in [-0.39, 0.29) is 11.8 Å². The Hall–Kier alpha value is 0.490. The molecule has 0 aromatic heterocycles. The lowest BCUT2D eigenvalue weighted by Gasteiger charge is -1.97. The number of carbonyl (C=O) groups excluding carboxylic acids is 2. The average Bonchev–Trinajstić information content (AvgIpc) is 2.19. The maximum Gasteiger partial charge on any atom is 0.239 e. The summed E-state index contributed by atoms with van der Waals surface area (Å²) in [6.07, 6.45) is 0.703. The van der Waals surface area contributed by atoms with Crippen LogP contribution in [0, 0.1) is 0 Å². The predicted octanol–water partition coefficient (Wildman–Crippen LogP) is 2.43. The minimum Gasteiger partial charge on any atom is -0.274 e. The molecule has 0 unspecified atom stereocenters. The number of imide groups is 1. The number of amides is 2. The number of rotatable bonds is 0. The number of nitrogens with zero attached hydrogens (tertiary/aromatic N) is 1. The SMILES string of the molecule is ClC(Cl)Cl.O=C1CCC(=O)N1Br. The Morgan fingerprint density at radius 1 is 1.17 bits per heavy atom. The van der Waals surface area contributed by atoms with Gasteiger partial charge in [-0.05, 0) is 0 Å². The fourth-order valence-corrected chi connectivity index (χ4v) is 0.904. The quantitative estimate of drug-likeness (QED) is 0.391. The molecule has 1 heterocycles. The number of halogens is 4. The monoisotopic (exact) mass is 295 g/mol. The maximum absolute atomic E-state index is 10.4. The van der Waals surface area contributed by atoms with Crippen molar-refractivity contribution in [2.24, 2.45) is 0 Å². The average molecular weight is 297 g/mol. The van der Waals surface area contributed by atoms with Gasteiger partial charge in [-0.1, -0.05) is 34.8 Å². The number of hydrogen-bond acceptors (Lipinski definition) is 2. The lowest BCUT2D eigenvalue weighted by atomic mass is 10.4. The summed E-state index contributed by atoms with van der Waals surface area (Å²) in [5.74, 6) is -0.287. The van der Waals surface area contributed by atoms with Gasteiger partial charge in [0.15, 0.2) is 4.30 Å². The van der Waals surface area contributed by atoms with E-state index < -0.39 is 4.30 Å². The molecule has 0 N–H and O–H groups in total. The first-order valence-electron chi connectivity index (χ1n) is 2.89. The smallest absolute Gasteiger partial charge is 0.239 e. The van der Waals surface area contributed by atoms with Crippen LogP contribution in [0.25, 0.3) is 0 Å². The highest BCUT2D eigenvalue weighted by Gasteiger charge is 2.26. The fourth-order valence-electron chi connectivity index (χ4n) is 0.549. The van der Waals surface area contributed by atoms with Crippen molar-refractivity contribution in [3.8, 4) is 0 Å². The molecule has 0 radical (unpaired) electrons. The van der Waals surface area contributed by atoms with Crippen LogP contribution in [0.4, 0.5) is 0 Å². The Kier molecular flexibility index (Phi) is 6.27. The molecule has 0 aliphatic carbocycles. The van der Waals surface area contributed by atoms with Crippen LogP contribution in [0.5, 0.6) is 0 Å². The van der Waals surface area contributed by atoms with Gasteiger partial charge in [0.05, 0.1) is 16.1 Å². The fraction of sp³-hybridized carbons (Fsp3) is 0.600.